The van der Waals surface area contributed by atoms with E-state index in [9.17, 15) is 24.2 Å². The molecule has 10 nitrogen and oxygen atoms in total. The topological polar surface area (TPSA) is 149 Å². The molecule has 0 radical (unpaired) electrons. The van der Waals surface area contributed by atoms with Crippen LogP contribution in [0.4, 0.5) is 0 Å². The van der Waals surface area contributed by atoms with Crippen molar-refractivity contribution < 1.29 is 47.8 Å². The second kappa shape index (κ2) is 45.9. The number of allylic oxidation sites excluding steroid dienone is 8. The van der Waals surface area contributed by atoms with E-state index in [0.29, 0.717) is 19.3 Å². The lowest BCUT2D eigenvalue weighted by Crippen LogP contribution is -2.29. The van der Waals surface area contributed by atoms with Gasteiger partial charge in [-0.2, -0.15) is 0 Å². The number of phosphoric ester groups is 1. The van der Waals surface area contributed by atoms with Crippen LogP contribution in [0, 0.1) is 0 Å². The molecule has 0 aliphatic heterocycles. The normalized spacial score (nSPS) is 14.1. The first-order chi connectivity index (χ1) is 29.7. The molecule has 11 heteroatoms. The summed E-state index contributed by atoms with van der Waals surface area (Å²) in [5.41, 5.74) is 0. The molecular formula is C50H91O10P. The highest BCUT2D eigenvalue weighted by atomic mass is 31.2. The Kier molecular flexibility index (Phi) is 44.4. The van der Waals surface area contributed by atoms with E-state index in [0.717, 1.165) is 44.9 Å². The Morgan fingerprint density at radius 1 is 0.492 bits per heavy atom. The van der Waals surface area contributed by atoms with E-state index in [4.69, 9.17) is 23.6 Å². The number of aliphatic hydroxyl groups excluding tert-OH is 2. The molecule has 0 fully saturated rings. The third kappa shape index (κ3) is 45.8. The van der Waals surface area contributed by atoms with Gasteiger partial charge in [0, 0.05) is 12.8 Å². The van der Waals surface area contributed by atoms with Gasteiger partial charge < -0.3 is 24.6 Å². The van der Waals surface area contributed by atoms with Crippen LogP contribution in [0.25, 0.3) is 0 Å². The molecule has 61 heavy (non-hydrogen) atoms. The van der Waals surface area contributed by atoms with Gasteiger partial charge in [-0.1, -0.05) is 178 Å². The first-order valence-electron chi connectivity index (χ1n) is 24.6. The zero-order chi connectivity index (χ0) is 44.8. The maximum absolute atomic E-state index is 12.6. The van der Waals surface area contributed by atoms with Gasteiger partial charge in [0.2, 0.25) is 0 Å². The standard InChI is InChI=1S/C50H91O10P/c1-3-5-7-9-11-13-15-17-19-20-21-22-23-24-25-26-28-30-32-34-36-38-40-42-50(54)60-48(46-59-61(55,56)58-44-47(52)43-51)45-57-49(53)41-39-37-35-33-31-29-27-18-16-14-12-10-8-6-4-2/h18,26-28,31,33-34,36,47-48,51-52H,3-17,19-25,29-30,32,35,37-46H2,1-2H3,(H,55,56)/b27-18+,28-26+,33-31+,36-34+/t47-,48+/m0/s1. The van der Waals surface area contributed by atoms with Gasteiger partial charge >= 0.3 is 19.8 Å². The number of carbonyl (C=O) groups is 2. The molecule has 3 N–H and O–H groups in total. The van der Waals surface area contributed by atoms with Crippen LogP contribution in [-0.2, 0) is 32.7 Å². The molecule has 356 valence electrons. The number of aliphatic hydroxyl groups is 2. The average Bonchev–Trinajstić information content (AvgIpc) is 3.25. The number of esters is 2. The number of carbonyl (C=O) groups excluding carboxylic acids is 2. The summed E-state index contributed by atoms with van der Waals surface area (Å²) in [5, 5.41) is 18.4. The molecule has 0 saturated carbocycles. The summed E-state index contributed by atoms with van der Waals surface area (Å²) in [7, 11) is -4.64. The Bertz CT molecular complexity index is 1150. The largest absolute Gasteiger partial charge is 0.472 e. The van der Waals surface area contributed by atoms with Crippen molar-refractivity contribution in [1.82, 2.24) is 0 Å². The number of rotatable bonds is 46. The lowest BCUT2D eigenvalue weighted by atomic mass is 10.0. The summed E-state index contributed by atoms with van der Waals surface area (Å²) >= 11 is 0. The number of ether oxygens (including phenoxy) is 2. The number of phosphoric acid groups is 1. The Morgan fingerprint density at radius 3 is 1.38 bits per heavy atom. The van der Waals surface area contributed by atoms with Crippen LogP contribution in [0.3, 0.4) is 0 Å². The molecule has 0 heterocycles. The molecule has 1 unspecified atom stereocenters. The predicted molar refractivity (Wildman–Crippen MR) is 251 cm³/mol. The van der Waals surface area contributed by atoms with Crippen LogP contribution in [0.15, 0.2) is 48.6 Å². The summed E-state index contributed by atoms with van der Waals surface area (Å²) in [6.07, 6.45) is 51.0. The molecule has 0 aromatic carbocycles. The maximum atomic E-state index is 12.6. The van der Waals surface area contributed by atoms with Gasteiger partial charge in [0.05, 0.1) is 19.8 Å². The lowest BCUT2D eigenvalue weighted by molar-refractivity contribution is -0.161. The highest BCUT2D eigenvalue weighted by Crippen LogP contribution is 2.43. The van der Waals surface area contributed by atoms with E-state index in [1.54, 1.807) is 0 Å². The molecule has 0 bridgehead atoms. The minimum atomic E-state index is -4.64. The predicted octanol–water partition coefficient (Wildman–Crippen LogP) is 13.7. The van der Waals surface area contributed by atoms with Gasteiger partial charge in [-0.15, -0.1) is 0 Å². The van der Waals surface area contributed by atoms with Crippen molar-refractivity contribution in [2.45, 2.75) is 232 Å². The van der Waals surface area contributed by atoms with E-state index in [-0.39, 0.29) is 19.4 Å². The van der Waals surface area contributed by atoms with Crippen LogP contribution in [0.5, 0.6) is 0 Å². The van der Waals surface area contributed by atoms with Gasteiger partial charge in [-0.3, -0.25) is 18.6 Å². The third-order valence-corrected chi connectivity index (χ3v) is 11.4. The van der Waals surface area contributed by atoms with E-state index in [1.165, 1.54) is 128 Å². The fraction of sp³-hybridized carbons (Fsp3) is 0.800. The molecule has 0 spiro atoms. The molecule has 0 aliphatic carbocycles. The molecule has 0 aromatic rings. The monoisotopic (exact) mass is 883 g/mol. The Balaban J connectivity index is 4.28. The SMILES string of the molecule is CCCCCCCC/C=C/C/C=C/CCCCC(=O)OC[C@H](COP(=O)(O)OC[C@@H](O)CO)OC(=O)CCC/C=C/CC/C=C/CCCCCCCCCCCCCCCC. The zero-order valence-corrected chi connectivity index (χ0v) is 39.8. The lowest BCUT2D eigenvalue weighted by Gasteiger charge is -2.20. The van der Waals surface area contributed by atoms with Gasteiger partial charge in [0.25, 0.3) is 0 Å². The van der Waals surface area contributed by atoms with Crippen LogP contribution in [0.2, 0.25) is 0 Å². The Labute approximate surface area is 373 Å². The van der Waals surface area contributed by atoms with Crippen molar-refractivity contribution in [2.24, 2.45) is 0 Å². The van der Waals surface area contributed by atoms with Crippen molar-refractivity contribution in [3.63, 3.8) is 0 Å². The van der Waals surface area contributed by atoms with Crippen LogP contribution >= 0.6 is 7.82 Å². The molecular weight excluding hydrogens is 792 g/mol. The summed E-state index contributed by atoms with van der Waals surface area (Å²) in [5.74, 6) is -1.01. The number of hydrogen-bond donors (Lipinski definition) is 3. The highest BCUT2D eigenvalue weighted by Gasteiger charge is 2.27. The summed E-state index contributed by atoms with van der Waals surface area (Å²) in [6, 6.07) is 0. The van der Waals surface area contributed by atoms with Crippen molar-refractivity contribution >= 4 is 19.8 Å². The van der Waals surface area contributed by atoms with Crippen molar-refractivity contribution in [1.29, 1.82) is 0 Å². The molecule has 0 aliphatic rings. The second-order valence-electron chi connectivity index (χ2n) is 16.5. The molecule has 0 saturated heterocycles. The van der Waals surface area contributed by atoms with Crippen LogP contribution in [0.1, 0.15) is 219 Å². The minimum absolute atomic E-state index is 0.117. The van der Waals surface area contributed by atoms with Crippen molar-refractivity contribution in [3.8, 4) is 0 Å². The maximum Gasteiger partial charge on any atom is 0.472 e. The summed E-state index contributed by atoms with van der Waals surface area (Å²) in [6.45, 7) is 2.32. The first-order valence-corrected chi connectivity index (χ1v) is 26.1. The van der Waals surface area contributed by atoms with E-state index < -0.39 is 51.8 Å². The van der Waals surface area contributed by atoms with Gasteiger partial charge in [0.15, 0.2) is 6.10 Å². The summed E-state index contributed by atoms with van der Waals surface area (Å²) < 4.78 is 32.7. The average molecular weight is 883 g/mol. The quantitative estimate of drug-likeness (QED) is 0.0233. The molecule has 3 atom stereocenters. The van der Waals surface area contributed by atoms with Crippen molar-refractivity contribution in [3.05, 3.63) is 48.6 Å². The minimum Gasteiger partial charge on any atom is -0.462 e. The van der Waals surface area contributed by atoms with Crippen LogP contribution < -0.4 is 0 Å². The molecule has 0 amide bonds. The third-order valence-electron chi connectivity index (χ3n) is 10.4. The fourth-order valence-corrected chi connectivity index (χ4v) is 7.42. The first kappa shape index (κ1) is 58.9. The Hall–Kier alpha value is -2.07. The van der Waals surface area contributed by atoms with E-state index >= 15 is 0 Å². The van der Waals surface area contributed by atoms with E-state index in [2.05, 4.69) is 62.5 Å². The second-order valence-corrected chi connectivity index (χ2v) is 17.9. The highest BCUT2D eigenvalue weighted by molar-refractivity contribution is 7.47. The number of unbranched alkanes of at least 4 members (excludes halogenated alkanes) is 24. The molecule has 0 aromatic heterocycles. The Morgan fingerprint density at radius 2 is 0.885 bits per heavy atom. The smallest absolute Gasteiger partial charge is 0.462 e. The zero-order valence-electron chi connectivity index (χ0n) is 38.9. The van der Waals surface area contributed by atoms with Crippen LogP contribution in [-0.4, -0.2) is 65.7 Å². The van der Waals surface area contributed by atoms with Crippen molar-refractivity contribution in [2.75, 3.05) is 26.4 Å². The summed E-state index contributed by atoms with van der Waals surface area (Å²) in [4.78, 5) is 35.0. The number of hydrogen-bond acceptors (Lipinski definition) is 9. The molecule has 0 rings (SSSR count). The fourth-order valence-electron chi connectivity index (χ4n) is 6.63. The van der Waals surface area contributed by atoms with Gasteiger partial charge in [0.1, 0.15) is 12.7 Å². The van der Waals surface area contributed by atoms with Gasteiger partial charge in [-0.05, 0) is 77.0 Å². The van der Waals surface area contributed by atoms with Gasteiger partial charge in [-0.25, -0.2) is 4.57 Å². The van der Waals surface area contributed by atoms with E-state index in [1.807, 2.05) is 0 Å².